The minimum absolute atomic E-state index is 0.0356. The van der Waals surface area contributed by atoms with E-state index in [-0.39, 0.29) is 36.5 Å². The second kappa shape index (κ2) is 6.82. The van der Waals surface area contributed by atoms with E-state index in [9.17, 15) is 14.4 Å². The molecule has 3 heterocycles. The number of halogens is 1. The quantitative estimate of drug-likeness (QED) is 0.592. The molecule has 0 saturated carbocycles. The maximum absolute atomic E-state index is 12.3. The molecule has 4 rings (SSSR count). The van der Waals surface area contributed by atoms with Crippen molar-refractivity contribution in [3.8, 4) is 0 Å². The third-order valence-corrected chi connectivity index (χ3v) is 6.49. The summed E-state index contributed by atoms with van der Waals surface area (Å²) >= 11 is 5.85. The zero-order valence-electron chi connectivity index (χ0n) is 13.8. The van der Waals surface area contributed by atoms with E-state index in [0.29, 0.717) is 23.8 Å². The number of imide groups is 1. The lowest BCUT2D eigenvalue weighted by molar-refractivity contribution is -0.128. The molecule has 0 spiro atoms. The van der Waals surface area contributed by atoms with Crippen LogP contribution in [0.25, 0.3) is 0 Å². The highest BCUT2D eigenvalue weighted by Gasteiger charge is 2.47. The number of benzene rings is 1. The van der Waals surface area contributed by atoms with Crippen LogP contribution in [-0.4, -0.2) is 58.3 Å². The molecule has 135 valence electrons. The van der Waals surface area contributed by atoms with Gasteiger partial charge in [-0.3, -0.25) is 9.69 Å². The highest BCUT2D eigenvalue weighted by Crippen LogP contribution is 2.28. The van der Waals surface area contributed by atoms with Crippen molar-refractivity contribution in [2.75, 3.05) is 6.54 Å². The molecule has 2 aromatic rings. The molecule has 1 aromatic heterocycles. The van der Waals surface area contributed by atoms with Crippen LogP contribution in [0, 0.1) is 0 Å². The molecule has 1 N–H and O–H groups in total. The van der Waals surface area contributed by atoms with E-state index in [1.165, 1.54) is 0 Å². The first-order chi connectivity index (χ1) is 12.5. The third-order valence-electron chi connectivity index (χ3n) is 4.59. The number of urea groups is 1. The summed E-state index contributed by atoms with van der Waals surface area (Å²) in [6.07, 6.45) is 1.56. The van der Waals surface area contributed by atoms with Gasteiger partial charge < -0.3 is 14.2 Å². The number of aromatic nitrogens is 2. The Hall–Kier alpha value is -2.23. The summed E-state index contributed by atoms with van der Waals surface area (Å²) in [5.74, 6) is 0.333. The van der Waals surface area contributed by atoms with Crippen LogP contribution >= 0.6 is 11.6 Å². The van der Waals surface area contributed by atoms with Gasteiger partial charge in [0.25, 0.3) is 14.9 Å². The van der Waals surface area contributed by atoms with Gasteiger partial charge in [0.1, 0.15) is 12.6 Å². The predicted octanol–water partition coefficient (Wildman–Crippen LogP) is 0.622. The Morgan fingerprint density at radius 1 is 1.31 bits per heavy atom. The second-order valence-corrected chi connectivity index (χ2v) is 8.55. The molecule has 2 fully saturated rings. The normalized spacial score (nSPS) is 19.7. The minimum Gasteiger partial charge on any atom is -0.427 e. The molecule has 2 aliphatic heterocycles. The van der Waals surface area contributed by atoms with Crippen molar-refractivity contribution in [2.24, 2.45) is 0 Å². The van der Waals surface area contributed by atoms with Crippen LogP contribution in [0.5, 0.6) is 0 Å². The number of carbonyl (C=O) groups excluding carboxylic acids is 2. The lowest BCUT2D eigenvalue weighted by atomic mass is 10.2. The molecule has 0 aliphatic carbocycles. The average Bonchev–Trinajstić information content (AvgIpc) is 3.32. The fourth-order valence-corrected chi connectivity index (χ4v) is 4.61. The van der Waals surface area contributed by atoms with E-state index >= 15 is 0 Å². The van der Waals surface area contributed by atoms with Gasteiger partial charge in [-0.25, -0.2) is 4.79 Å². The molecule has 10 heteroatoms. The summed E-state index contributed by atoms with van der Waals surface area (Å²) in [4.78, 5) is 42.0. The fourth-order valence-electron chi connectivity index (χ4n) is 3.28. The van der Waals surface area contributed by atoms with Crippen molar-refractivity contribution in [1.82, 2.24) is 19.9 Å². The fraction of sp³-hybridized carbons (Fsp3) is 0.375. The van der Waals surface area contributed by atoms with E-state index in [4.69, 9.17) is 16.1 Å². The maximum atomic E-state index is 12.3. The smallest absolute Gasteiger partial charge is 0.327 e. The Morgan fingerprint density at radius 3 is 2.81 bits per heavy atom. The number of amides is 3. The number of hydrogen-bond donors (Lipinski definition) is 1. The van der Waals surface area contributed by atoms with Crippen molar-refractivity contribution in [3.05, 3.63) is 41.0 Å². The monoisotopic (exact) mass is 391 g/mol. The molecule has 3 amide bonds. The number of nitrogens with zero attached hydrogens (tertiary/aromatic N) is 4. The Bertz CT molecular complexity index is 821. The zero-order valence-corrected chi connectivity index (χ0v) is 15.5. The summed E-state index contributed by atoms with van der Waals surface area (Å²) in [6, 6.07) is 6.59. The van der Waals surface area contributed by atoms with Crippen molar-refractivity contribution in [3.63, 3.8) is 0 Å². The van der Waals surface area contributed by atoms with E-state index in [1.807, 2.05) is 0 Å². The van der Waals surface area contributed by atoms with Gasteiger partial charge in [0.2, 0.25) is 5.89 Å². The lowest BCUT2D eigenvalue weighted by Crippen LogP contribution is -2.33. The first kappa shape index (κ1) is 17.2. The first-order valence-corrected chi connectivity index (χ1v) is 10.3. The van der Waals surface area contributed by atoms with Gasteiger partial charge in [0.05, 0.1) is 0 Å². The average molecular weight is 392 g/mol. The van der Waals surface area contributed by atoms with E-state index in [1.54, 1.807) is 29.2 Å². The Labute approximate surface area is 156 Å². The number of fused-ring (bicyclic) bond motifs is 1. The Balaban J connectivity index is 1.41. The van der Waals surface area contributed by atoms with Gasteiger partial charge in [0, 0.05) is 17.6 Å². The number of carbonyl (C=O) groups is 2. The molecular formula is C16H16ClN4O4Si. The first-order valence-electron chi connectivity index (χ1n) is 8.27. The van der Waals surface area contributed by atoms with Crippen LogP contribution in [-0.2, 0) is 17.4 Å². The second-order valence-electron chi connectivity index (χ2n) is 6.29. The van der Waals surface area contributed by atoms with E-state index in [0.717, 1.165) is 16.5 Å². The molecule has 2 saturated heterocycles. The van der Waals surface area contributed by atoms with Crippen LogP contribution in [0.15, 0.2) is 28.8 Å². The van der Waals surface area contributed by atoms with Gasteiger partial charge in [-0.1, -0.05) is 28.9 Å². The van der Waals surface area contributed by atoms with Gasteiger partial charge in [-0.15, -0.1) is 0 Å². The Morgan fingerprint density at radius 2 is 2.08 bits per heavy atom. The van der Waals surface area contributed by atoms with Crippen molar-refractivity contribution in [2.45, 2.75) is 31.5 Å². The highest BCUT2D eigenvalue weighted by atomic mass is 35.5. The van der Waals surface area contributed by atoms with E-state index < -0.39 is 9.04 Å². The summed E-state index contributed by atoms with van der Waals surface area (Å²) < 4.78 is 5.16. The van der Waals surface area contributed by atoms with Crippen LogP contribution in [0.4, 0.5) is 4.79 Å². The Kier molecular flexibility index (Phi) is 4.51. The number of rotatable bonds is 5. The molecule has 0 bridgehead atoms. The molecule has 1 radical (unpaired) electrons. The molecule has 1 aromatic carbocycles. The standard InChI is InChI=1S/C16H16ClN4O4Si/c17-10-3-5-11(6-4-10)26(24)9-13-18-14(25-19-13)8-21-15(22)12-2-1-7-20(12)16(21)23/h3-6,12,24H,1-2,7-9H2/t12-/m1/s1. The third kappa shape index (κ3) is 3.13. The summed E-state index contributed by atoms with van der Waals surface area (Å²) in [6.45, 7) is 0.574. The molecule has 0 unspecified atom stereocenters. The summed E-state index contributed by atoms with van der Waals surface area (Å²) in [5, 5.41) is 5.24. The van der Waals surface area contributed by atoms with Crippen molar-refractivity contribution >= 4 is 37.8 Å². The minimum atomic E-state index is -1.88. The predicted molar refractivity (Wildman–Crippen MR) is 92.7 cm³/mol. The molecule has 26 heavy (non-hydrogen) atoms. The van der Waals surface area contributed by atoms with Gasteiger partial charge in [0.15, 0.2) is 5.82 Å². The van der Waals surface area contributed by atoms with Crippen LogP contribution in [0.2, 0.25) is 5.02 Å². The van der Waals surface area contributed by atoms with Gasteiger partial charge in [-0.2, -0.15) is 4.98 Å². The maximum Gasteiger partial charge on any atom is 0.327 e. The van der Waals surface area contributed by atoms with Gasteiger partial charge in [-0.05, 0) is 30.2 Å². The molecule has 2 aliphatic rings. The van der Waals surface area contributed by atoms with Gasteiger partial charge >= 0.3 is 6.03 Å². The van der Waals surface area contributed by atoms with Crippen LogP contribution in [0.1, 0.15) is 24.6 Å². The van der Waals surface area contributed by atoms with Crippen LogP contribution < -0.4 is 5.19 Å². The van der Waals surface area contributed by atoms with Crippen molar-refractivity contribution < 1.29 is 18.9 Å². The number of hydrogen-bond acceptors (Lipinski definition) is 6. The topological polar surface area (TPSA) is 99.8 Å². The molecule has 1 atom stereocenters. The summed E-state index contributed by atoms with van der Waals surface area (Å²) in [7, 11) is -1.88. The zero-order chi connectivity index (χ0) is 18.3. The van der Waals surface area contributed by atoms with Crippen LogP contribution in [0.3, 0.4) is 0 Å². The lowest BCUT2D eigenvalue weighted by Gasteiger charge is -2.13. The van der Waals surface area contributed by atoms with E-state index in [2.05, 4.69) is 10.1 Å². The highest BCUT2D eigenvalue weighted by molar-refractivity contribution is 6.65. The SMILES string of the molecule is O=C1[C@H]2CCCN2C(=O)N1Cc1nc(C[Si](O)c2ccc(Cl)cc2)no1. The molecule has 8 nitrogen and oxygen atoms in total. The molecular weight excluding hydrogens is 376 g/mol. The summed E-state index contributed by atoms with van der Waals surface area (Å²) in [5.41, 5.74) is 0. The largest absolute Gasteiger partial charge is 0.427 e. The van der Waals surface area contributed by atoms with Crippen molar-refractivity contribution in [1.29, 1.82) is 0 Å².